The van der Waals surface area contributed by atoms with Crippen molar-refractivity contribution in [3.05, 3.63) is 0 Å². The first kappa shape index (κ1) is 14.1. The molecule has 0 atom stereocenters. The molecule has 0 aliphatic carbocycles. The van der Waals surface area contributed by atoms with Gasteiger partial charge in [0.1, 0.15) is 0 Å². The van der Waals surface area contributed by atoms with Gasteiger partial charge in [-0.25, -0.2) is 4.79 Å². The molecule has 1 fully saturated rings. The van der Waals surface area contributed by atoms with Crippen molar-refractivity contribution >= 4 is 6.09 Å². The maximum atomic E-state index is 12.5. The van der Waals surface area contributed by atoms with Crippen LogP contribution in [-0.4, -0.2) is 47.1 Å². The lowest BCUT2D eigenvalue weighted by atomic mass is 10.1. The van der Waals surface area contributed by atoms with Crippen molar-refractivity contribution in [2.75, 3.05) is 13.1 Å². The van der Waals surface area contributed by atoms with E-state index in [-0.39, 0.29) is 13.1 Å². The zero-order valence-electron chi connectivity index (χ0n) is 9.75. The molecule has 0 unspecified atom stereocenters. The third-order valence-electron chi connectivity index (χ3n) is 2.75. The minimum Gasteiger partial charge on any atom is -0.434 e. The van der Waals surface area contributed by atoms with Crippen LogP contribution in [0.15, 0.2) is 0 Å². The molecule has 0 bridgehead atoms. The van der Waals surface area contributed by atoms with Gasteiger partial charge in [0.2, 0.25) is 5.60 Å². The average molecular weight is 255 g/mol. The van der Waals surface area contributed by atoms with Gasteiger partial charge in [-0.15, -0.1) is 0 Å². The number of carbonyl (C=O) groups excluding carboxylic acids is 1. The molecule has 1 aliphatic rings. The molecule has 1 aliphatic heterocycles. The summed E-state index contributed by atoms with van der Waals surface area (Å²) in [5, 5.41) is 9.21. The van der Waals surface area contributed by atoms with Gasteiger partial charge in [-0.1, -0.05) is 0 Å². The summed E-state index contributed by atoms with van der Waals surface area (Å²) in [6.07, 6.45) is -5.35. The van der Waals surface area contributed by atoms with E-state index in [0.717, 1.165) is 13.8 Å². The lowest BCUT2D eigenvalue weighted by Crippen LogP contribution is -2.48. The summed E-state index contributed by atoms with van der Waals surface area (Å²) in [7, 11) is 0. The molecule has 1 heterocycles. The lowest BCUT2D eigenvalue weighted by Gasteiger charge is -2.33. The minimum atomic E-state index is -4.60. The largest absolute Gasteiger partial charge is 0.434 e. The van der Waals surface area contributed by atoms with Crippen molar-refractivity contribution in [2.45, 2.75) is 44.6 Å². The summed E-state index contributed by atoms with van der Waals surface area (Å²) in [6, 6.07) is 0. The molecule has 0 aromatic rings. The number of aliphatic hydroxyl groups excluding tert-OH is 1. The van der Waals surface area contributed by atoms with Crippen molar-refractivity contribution in [2.24, 2.45) is 0 Å². The van der Waals surface area contributed by atoms with Crippen LogP contribution in [0.1, 0.15) is 26.7 Å². The Labute approximate surface area is 97.3 Å². The zero-order chi connectivity index (χ0) is 13.3. The predicted molar refractivity (Wildman–Crippen MR) is 53.4 cm³/mol. The first-order chi connectivity index (χ1) is 7.63. The number of nitrogens with zero attached hydrogens (tertiary/aromatic N) is 1. The summed E-state index contributed by atoms with van der Waals surface area (Å²) >= 11 is 0. The van der Waals surface area contributed by atoms with Crippen LogP contribution in [0.2, 0.25) is 0 Å². The smallest absolute Gasteiger partial charge is 0.427 e. The Bertz CT molecular complexity index is 283. The standard InChI is InChI=1S/C10H16F3NO3/c1-9(2,10(11,12)13)17-8(16)14-5-3-7(15)4-6-14/h7,15H,3-6H2,1-2H3. The second-order valence-corrected chi connectivity index (χ2v) is 4.59. The molecule has 1 amide bonds. The molecule has 17 heavy (non-hydrogen) atoms. The van der Waals surface area contributed by atoms with E-state index < -0.39 is 24.0 Å². The van der Waals surface area contributed by atoms with Crippen LogP contribution in [0, 0.1) is 0 Å². The highest BCUT2D eigenvalue weighted by Gasteiger charge is 2.51. The number of likely N-dealkylation sites (tertiary alicyclic amines) is 1. The summed E-state index contributed by atoms with van der Waals surface area (Å²) in [5.41, 5.74) is -2.50. The van der Waals surface area contributed by atoms with Gasteiger partial charge in [0.25, 0.3) is 0 Å². The maximum absolute atomic E-state index is 12.5. The average Bonchev–Trinajstić information content (AvgIpc) is 2.16. The molecule has 0 radical (unpaired) electrons. The Morgan fingerprint density at radius 2 is 1.76 bits per heavy atom. The number of halogens is 3. The fraction of sp³-hybridized carbons (Fsp3) is 0.900. The number of ether oxygens (including phenoxy) is 1. The highest BCUT2D eigenvalue weighted by molar-refractivity contribution is 5.68. The summed E-state index contributed by atoms with van der Waals surface area (Å²) in [6.45, 7) is 2.05. The van der Waals surface area contributed by atoms with Crippen molar-refractivity contribution in [3.8, 4) is 0 Å². The van der Waals surface area contributed by atoms with Gasteiger partial charge < -0.3 is 14.7 Å². The fourth-order valence-electron chi connectivity index (χ4n) is 1.39. The maximum Gasteiger partial charge on any atom is 0.427 e. The molecule has 4 nitrogen and oxygen atoms in total. The van der Waals surface area contributed by atoms with E-state index in [1.54, 1.807) is 0 Å². The normalized spacial score (nSPS) is 19.3. The molecule has 0 saturated carbocycles. The first-order valence-electron chi connectivity index (χ1n) is 5.36. The Kier molecular flexibility index (Phi) is 3.91. The van der Waals surface area contributed by atoms with E-state index in [4.69, 9.17) is 0 Å². The van der Waals surface area contributed by atoms with Crippen molar-refractivity contribution in [1.82, 2.24) is 4.90 Å². The van der Waals surface area contributed by atoms with E-state index in [2.05, 4.69) is 4.74 Å². The number of rotatable bonds is 1. The molecule has 0 aromatic carbocycles. The highest BCUT2D eigenvalue weighted by Crippen LogP contribution is 2.33. The summed E-state index contributed by atoms with van der Waals surface area (Å²) < 4.78 is 41.9. The number of hydrogen-bond acceptors (Lipinski definition) is 3. The van der Waals surface area contributed by atoms with Crippen LogP contribution in [0.4, 0.5) is 18.0 Å². The van der Waals surface area contributed by atoms with Crippen molar-refractivity contribution in [1.29, 1.82) is 0 Å². The predicted octanol–water partition coefficient (Wildman–Crippen LogP) is 1.92. The lowest BCUT2D eigenvalue weighted by molar-refractivity contribution is -0.246. The first-order valence-corrected chi connectivity index (χ1v) is 5.36. The van der Waals surface area contributed by atoms with Crippen LogP contribution in [0.5, 0.6) is 0 Å². The van der Waals surface area contributed by atoms with Crippen molar-refractivity contribution in [3.63, 3.8) is 0 Å². The molecule has 1 N–H and O–H groups in total. The van der Waals surface area contributed by atoms with Crippen LogP contribution >= 0.6 is 0 Å². The number of piperidine rings is 1. The second kappa shape index (κ2) is 4.72. The quantitative estimate of drug-likeness (QED) is 0.778. The number of aliphatic hydroxyl groups is 1. The fourth-order valence-corrected chi connectivity index (χ4v) is 1.39. The van der Waals surface area contributed by atoms with Crippen LogP contribution in [0.25, 0.3) is 0 Å². The third kappa shape index (κ3) is 3.49. The van der Waals surface area contributed by atoms with E-state index in [1.165, 1.54) is 4.90 Å². The molecule has 100 valence electrons. The van der Waals surface area contributed by atoms with E-state index in [9.17, 15) is 23.1 Å². The number of carbonyl (C=O) groups is 1. The number of hydrogen-bond donors (Lipinski definition) is 1. The zero-order valence-corrected chi connectivity index (χ0v) is 9.75. The second-order valence-electron chi connectivity index (χ2n) is 4.59. The third-order valence-corrected chi connectivity index (χ3v) is 2.75. The van der Waals surface area contributed by atoms with E-state index in [0.29, 0.717) is 12.8 Å². The molecule has 7 heteroatoms. The van der Waals surface area contributed by atoms with Gasteiger partial charge in [-0.05, 0) is 26.7 Å². The Morgan fingerprint density at radius 3 is 2.18 bits per heavy atom. The molecule has 1 rings (SSSR count). The van der Waals surface area contributed by atoms with Gasteiger partial charge in [0, 0.05) is 13.1 Å². The number of alkyl halides is 3. The number of amides is 1. The molecule has 1 saturated heterocycles. The molecule has 0 spiro atoms. The minimum absolute atomic E-state index is 0.216. The van der Waals surface area contributed by atoms with Gasteiger partial charge >= 0.3 is 12.3 Å². The van der Waals surface area contributed by atoms with Gasteiger partial charge in [-0.3, -0.25) is 0 Å². The molecular weight excluding hydrogens is 239 g/mol. The van der Waals surface area contributed by atoms with E-state index >= 15 is 0 Å². The molecular formula is C10H16F3NO3. The van der Waals surface area contributed by atoms with Crippen molar-refractivity contribution < 1.29 is 27.8 Å². The Morgan fingerprint density at radius 1 is 1.29 bits per heavy atom. The summed E-state index contributed by atoms with van der Waals surface area (Å²) in [4.78, 5) is 12.7. The SMILES string of the molecule is CC(C)(OC(=O)N1CCC(O)CC1)C(F)(F)F. The van der Waals surface area contributed by atoms with Crippen LogP contribution in [-0.2, 0) is 4.74 Å². The monoisotopic (exact) mass is 255 g/mol. The van der Waals surface area contributed by atoms with E-state index in [1.807, 2.05) is 0 Å². The van der Waals surface area contributed by atoms with Gasteiger partial charge in [0.05, 0.1) is 6.10 Å². The van der Waals surface area contributed by atoms with Gasteiger partial charge in [-0.2, -0.15) is 13.2 Å². The molecule has 0 aromatic heterocycles. The Balaban J connectivity index is 2.55. The summed E-state index contributed by atoms with van der Waals surface area (Å²) in [5.74, 6) is 0. The van der Waals surface area contributed by atoms with Gasteiger partial charge in [0.15, 0.2) is 0 Å². The Hall–Kier alpha value is -0.980. The van der Waals surface area contributed by atoms with Crippen LogP contribution < -0.4 is 0 Å². The van der Waals surface area contributed by atoms with Crippen LogP contribution in [0.3, 0.4) is 0 Å². The topological polar surface area (TPSA) is 49.8 Å². The highest BCUT2D eigenvalue weighted by atomic mass is 19.4.